The van der Waals surface area contributed by atoms with Crippen molar-refractivity contribution in [2.75, 3.05) is 17.2 Å². The molecule has 0 radical (unpaired) electrons. The number of hydrogen-bond acceptors (Lipinski definition) is 4. The zero-order chi connectivity index (χ0) is 16.6. The molecular weight excluding hydrogens is 314 g/mol. The van der Waals surface area contributed by atoms with Crippen LogP contribution in [0.5, 0.6) is 0 Å². The molecule has 1 aliphatic heterocycles. The molecule has 0 bridgehead atoms. The van der Waals surface area contributed by atoms with Crippen molar-refractivity contribution in [2.24, 2.45) is 0 Å². The fourth-order valence-electron chi connectivity index (χ4n) is 2.76. The van der Waals surface area contributed by atoms with Crippen molar-refractivity contribution in [3.05, 3.63) is 53.6 Å². The Morgan fingerprint density at radius 1 is 1.17 bits per heavy atom. The van der Waals surface area contributed by atoms with Crippen LogP contribution in [-0.4, -0.2) is 27.2 Å². The Hall–Kier alpha value is -2.34. The molecule has 0 saturated carbocycles. The third-order valence-electron chi connectivity index (χ3n) is 3.80. The maximum Gasteiger partial charge on any atom is 0.338 e. The lowest BCUT2D eigenvalue weighted by molar-refractivity contribution is 0.0526. The molecule has 0 amide bonds. The Morgan fingerprint density at radius 3 is 2.61 bits per heavy atom. The Labute approximate surface area is 135 Å². The predicted molar refractivity (Wildman–Crippen MR) is 88.9 cm³/mol. The second kappa shape index (κ2) is 5.70. The number of nitrogens with zero attached hydrogens (tertiary/aromatic N) is 1. The number of benzene rings is 2. The molecule has 0 spiro atoms. The van der Waals surface area contributed by atoms with Gasteiger partial charge >= 0.3 is 5.97 Å². The van der Waals surface area contributed by atoms with Gasteiger partial charge in [0.25, 0.3) is 0 Å². The number of esters is 1. The monoisotopic (exact) mass is 331 g/mol. The molecule has 3 rings (SSSR count). The summed E-state index contributed by atoms with van der Waals surface area (Å²) in [7, 11) is -3.46. The van der Waals surface area contributed by atoms with Gasteiger partial charge in [-0.2, -0.15) is 0 Å². The minimum absolute atomic E-state index is 0.258. The highest BCUT2D eigenvalue weighted by Crippen LogP contribution is 2.40. The van der Waals surface area contributed by atoms with Crippen LogP contribution in [0.2, 0.25) is 0 Å². The number of sulfonamides is 1. The second-order valence-corrected chi connectivity index (χ2v) is 7.29. The zero-order valence-electron chi connectivity index (χ0n) is 12.9. The third kappa shape index (κ3) is 2.82. The van der Waals surface area contributed by atoms with Crippen LogP contribution in [0.4, 0.5) is 5.69 Å². The van der Waals surface area contributed by atoms with E-state index in [0.717, 1.165) is 16.7 Å². The topological polar surface area (TPSA) is 63.7 Å². The van der Waals surface area contributed by atoms with E-state index in [2.05, 4.69) is 0 Å². The van der Waals surface area contributed by atoms with E-state index in [1.807, 2.05) is 24.3 Å². The largest absolute Gasteiger partial charge is 0.462 e. The van der Waals surface area contributed by atoms with Crippen LogP contribution in [0.15, 0.2) is 42.5 Å². The summed E-state index contributed by atoms with van der Waals surface area (Å²) < 4.78 is 30.7. The van der Waals surface area contributed by atoms with E-state index < -0.39 is 16.0 Å². The molecule has 2 aromatic rings. The Bertz CT molecular complexity index is 874. The van der Waals surface area contributed by atoms with Crippen molar-refractivity contribution in [3.8, 4) is 11.1 Å². The lowest BCUT2D eigenvalue weighted by Crippen LogP contribution is -2.32. The Kier molecular flexibility index (Phi) is 3.85. The van der Waals surface area contributed by atoms with Crippen LogP contribution >= 0.6 is 0 Å². The molecule has 0 atom stereocenters. The van der Waals surface area contributed by atoms with Gasteiger partial charge in [0.15, 0.2) is 0 Å². The SMILES string of the molecule is CCOC(=O)c1ccc2c(c1)N(S(C)(=O)=O)Cc1ccccc1-2. The van der Waals surface area contributed by atoms with E-state index in [1.54, 1.807) is 25.1 Å². The molecule has 5 nitrogen and oxygen atoms in total. The average molecular weight is 331 g/mol. The first-order chi connectivity index (χ1) is 10.9. The van der Waals surface area contributed by atoms with E-state index >= 15 is 0 Å². The summed E-state index contributed by atoms with van der Waals surface area (Å²) in [6.45, 7) is 2.26. The molecule has 0 aromatic heterocycles. The third-order valence-corrected chi connectivity index (χ3v) is 4.93. The van der Waals surface area contributed by atoms with E-state index in [0.29, 0.717) is 11.3 Å². The molecule has 1 aliphatic rings. The van der Waals surface area contributed by atoms with E-state index in [4.69, 9.17) is 4.74 Å². The van der Waals surface area contributed by atoms with Crippen molar-refractivity contribution in [2.45, 2.75) is 13.5 Å². The van der Waals surface area contributed by atoms with Gasteiger partial charge in [-0.25, -0.2) is 13.2 Å². The average Bonchev–Trinajstić information content (AvgIpc) is 2.53. The molecule has 23 heavy (non-hydrogen) atoms. The van der Waals surface area contributed by atoms with Crippen LogP contribution in [0.3, 0.4) is 0 Å². The summed E-state index contributed by atoms with van der Waals surface area (Å²) in [4.78, 5) is 11.9. The van der Waals surface area contributed by atoms with Crippen LogP contribution in [0, 0.1) is 0 Å². The van der Waals surface area contributed by atoms with E-state index in [1.165, 1.54) is 10.6 Å². The first kappa shape index (κ1) is 15.6. The fraction of sp³-hybridized carbons (Fsp3) is 0.235. The summed E-state index contributed by atoms with van der Waals surface area (Å²) in [6.07, 6.45) is 1.17. The Morgan fingerprint density at radius 2 is 1.91 bits per heavy atom. The van der Waals surface area contributed by atoms with Crippen molar-refractivity contribution in [3.63, 3.8) is 0 Å². The van der Waals surface area contributed by atoms with Crippen molar-refractivity contribution in [1.82, 2.24) is 0 Å². The van der Waals surface area contributed by atoms with Crippen molar-refractivity contribution >= 4 is 21.7 Å². The minimum atomic E-state index is -3.46. The predicted octanol–water partition coefficient (Wildman–Crippen LogP) is 2.81. The first-order valence-corrected chi connectivity index (χ1v) is 9.14. The van der Waals surface area contributed by atoms with Crippen LogP contribution in [-0.2, 0) is 21.3 Å². The molecule has 120 valence electrons. The van der Waals surface area contributed by atoms with Gasteiger partial charge in [-0.05, 0) is 30.2 Å². The first-order valence-electron chi connectivity index (χ1n) is 7.29. The maximum atomic E-state index is 12.2. The molecular formula is C17H17NO4S. The summed E-state index contributed by atoms with van der Waals surface area (Å²) in [6, 6.07) is 12.7. The number of anilines is 1. The van der Waals surface area contributed by atoms with Crippen LogP contribution in [0.25, 0.3) is 11.1 Å². The van der Waals surface area contributed by atoms with Gasteiger partial charge in [-0.1, -0.05) is 30.3 Å². The second-order valence-electron chi connectivity index (χ2n) is 5.38. The van der Waals surface area contributed by atoms with Gasteiger partial charge in [-0.15, -0.1) is 0 Å². The quantitative estimate of drug-likeness (QED) is 0.811. The van der Waals surface area contributed by atoms with Crippen molar-refractivity contribution < 1.29 is 17.9 Å². The molecule has 0 saturated heterocycles. The molecule has 6 heteroatoms. The summed E-state index contributed by atoms with van der Waals surface area (Å²) in [5, 5.41) is 0. The van der Waals surface area contributed by atoms with Gasteiger partial charge in [0.1, 0.15) is 0 Å². The van der Waals surface area contributed by atoms with Gasteiger partial charge in [0.05, 0.1) is 30.7 Å². The molecule has 0 N–H and O–H groups in total. The summed E-state index contributed by atoms with van der Waals surface area (Å²) in [5.74, 6) is -0.456. The normalized spacial score (nSPS) is 13.2. The molecule has 1 heterocycles. The molecule has 0 aliphatic carbocycles. The number of rotatable bonds is 3. The number of ether oxygens (including phenoxy) is 1. The van der Waals surface area contributed by atoms with Gasteiger partial charge < -0.3 is 4.74 Å². The standard InChI is InChI=1S/C17H17NO4S/c1-3-22-17(19)12-8-9-15-14-7-5-4-6-13(14)11-18(16(15)10-12)23(2,20)21/h4-10H,3,11H2,1-2H3. The number of hydrogen-bond donors (Lipinski definition) is 0. The molecule has 0 fully saturated rings. The summed E-state index contributed by atoms with van der Waals surface area (Å²) in [5.41, 5.74) is 3.58. The van der Waals surface area contributed by atoms with Gasteiger partial charge in [0.2, 0.25) is 10.0 Å². The van der Waals surface area contributed by atoms with E-state index in [9.17, 15) is 13.2 Å². The number of carbonyl (C=O) groups is 1. The smallest absolute Gasteiger partial charge is 0.338 e. The summed E-state index contributed by atoms with van der Waals surface area (Å²) >= 11 is 0. The van der Waals surface area contributed by atoms with E-state index in [-0.39, 0.29) is 13.2 Å². The highest BCUT2D eigenvalue weighted by atomic mass is 32.2. The van der Waals surface area contributed by atoms with Gasteiger partial charge in [0, 0.05) is 5.56 Å². The highest BCUT2D eigenvalue weighted by molar-refractivity contribution is 7.92. The minimum Gasteiger partial charge on any atom is -0.462 e. The highest BCUT2D eigenvalue weighted by Gasteiger charge is 2.28. The molecule has 2 aromatic carbocycles. The van der Waals surface area contributed by atoms with Gasteiger partial charge in [-0.3, -0.25) is 4.31 Å². The zero-order valence-corrected chi connectivity index (χ0v) is 13.8. The number of carbonyl (C=O) groups excluding carboxylic acids is 1. The Balaban J connectivity index is 2.20. The molecule has 0 unspecified atom stereocenters. The van der Waals surface area contributed by atoms with Crippen LogP contribution in [0.1, 0.15) is 22.8 Å². The number of fused-ring (bicyclic) bond motifs is 3. The lowest BCUT2D eigenvalue weighted by atomic mass is 9.93. The van der Waals surface area contributed by atoms with Crippen molar-refractivity contribution in [1.29, 1.82) is 0 Å². The van der Waals surface area contributed by atoms with Crippen LogP contribution < -0.4 is 4.31 Å². The maximum absolute atomic E-state index is 12.2. The fourth-order valence-corrected chi connectivity index (χ4v) is 3.65. The lowest BCUT2D eigenvalue weighted by Gasteiger charge is -2.31.